The number of nitrogens with one attached hydrogen (secondary N) is 3. The molecular weight excluding hydrogens is 1070 g/mol. The van der Waals surface area contributed by atoms with Gasteiger partial charge in [-0.1, -0.05) is 153 Å². The Kier molecular flexibility index (Phi) is 22.3. The molecule has 8 rings (SSSR count). The molecule has 0 aromatic heterocycles. The summed E-state index contributed by atoms with van der Waals surface area (Å²) < 4.78 is 80.8. The Hall–Kier alpha value is -8.58. The molecule has 0 fully saturated rings. The Bertz CT molecular complexity index is 3660. The van der Waals surface area contributed by atoms with Crippen molar-refractivity contribution < 1.29 is 55.0 Å². The second kappa shape index (κ2) is 29.4. The summed E-state index contributed by atoms with van der Waals surface area (Å²) in [5.41, 5.74) is 8.58. The molecular formula is C62H63N3O12S3. The highest BCUT2D eigenvalue weighted by Gasteiger charge is 2.16. The van der Waals surface area contributed by atoms with Crippen molar-refractivity contribution in [1.29, 1.82) is 0 Å². The first-order valence-electron chi connectivity index (χ1n) is 25.6. The van der Waals surface area contributed by atoms with Crippen LogP contribution in [0.3, 0.4) is 0 Å². The monoisotopic (exact) mass is 1140 g/mol. The minimum Gasteiger partial charge on any atom is -0.478 e. The second-order valence-electron chi connectivity index (χ2n) is 18.5. The number of anilines is 3. The maximum Gasteiger partial charge on any atom is 0.335 e. The van der Waals surface area contributed by atoms with Gasteiger partial charge in [0.15, 0.2) is 0 Å². The SMILES string of the molecule is CCCCS(=O)(=O)Nc1ccc(CCc2ccccc2C(=O)O)cc1.O=C(O)c1ccccc1CCc1ccc(NS(=O)(=O)Cc2ccccc2)cc1.O=C(O)c1ccccc1CCc1ccc(NS(=O)(=O)c2ccccc2)cc1. The molecule has 0 aliphatic rings. The molecule has 0 saturated carbocycles. The van der Waals surface area contributed by atoms with Crippen molar-refractivity contribution in [1.82, 2.24) is 0 Å². The highest BCUT2D eigenvalue weighted by atomic mass is 32.2. The molecule has 80 heavy (non-hydrogen) atoms. The molecule has 416 valence electrons. The lowest BCUT2D eigenvalue weighted by molar-refractivity contribution is 0.0684. The quantitative estimate of drug-likeness (QED) is 0.0331. The summed E-state index contributed by atoms with van der Waals surface area (Å²) in [5.74, 6) is -2.75. The van der Waals surface area contributed by atoms with E-state index in [-0.39, 0.29) is 16.4 Å². The smallest absolute Gasteiger partial charge is 0.335 e. The summed E-state index contributed by atoms with van der Waals surface area (Å²) in [4.78, 5) is 34.0. The topological polar surface area (TPSA) is 250 Å². The van der Waals surface area contributed by atoms with Crippen LogP contribution in [0, 0.1) is 0 Å². The molecule has 8 aromatic rings. The van der Waals surface area contributed by atoms with Crippen molar-refractivity contribution in [2.75, 3.05) is 19.9 Å². The van der Waals surface area contributed by atoms with Crippen molar-refractivity contribution in [2.24, 2.45) is 0 Å². The van der Waals surface area contributed by atoms with E-state index in [2.05, 4.69) is 14.2 Å². The van der Waals surface area contributed by atoms with Gasteiger partial charge in [0.05, 0.1) is 33.1 Å². The third-order valence-electron chi connectivity index (χ3n) is 12.5. The Labute approximate surface area is 468 Å². The largest absolute Gasteiger partial charge is 0.478 e. The van der Waals surface area contributed by atoms with Crippen molar-refractivity contribution in [3.05, 3.63) is 262 Å². The van der Waals surface area contributed by atoms with Gasteiger partial charge in [-0.15, -0.1) is 0 Å². The van der Waals surface area contributed by atoms with Gasteiger partial charge in [-0.25, -0.2) is 39.6 Å². The molecule has 15 nitrogen and oxygen atoms in total. The fourth-order valence-corrected chi connectivity index (χ4v) is 11.8. The maximum atomic E-state index is 12.3. The van der Waals surface area contributed by atoms with E-state index in [4.69, 9.17) is 0 Å². The number of hydrogen-bond acceptors (Lipinski definition) is 9. The number of hydrogen-bond donors (Lipinski definition) is 6. The minimum absolute atomic E-state index is 0.0818. The zero-order valence-corrected chi connectivity index (χ0v) is 46.4. The van der Waals surface area contributed by atoms with E-state index < -0.39 is 48.0 Å². The van der Waals surface area contributed by atoms with Crippen LogP contribution in [-0.4, -0.2) is 64.2 Å². The van der Waals surface area contributed by atoms with Crippen LogP contribution in [-0.2, 0) is 74.3 Å². The summed E-state index contributed by atoms with van der Waals surface area (Å²) in [7, 11) is -10.4. The Balaban J connectivity index is 0.000000194. The van der Waals surface area contributed by atoms with Gasteiger partial charge in [0.2, 0.25) is 20.0 Å². The maximum absolute atomic E-state index is 12.3. The summed E-state index contributed by atoms with van der Waals surface area (Å²) in [5, 5.41) is 27.7. The molecule has 0 aliphatic heterocycles. The van der Waals surface area contributed by atoms with Crippen molar-refractivity contribution in [2.45, 2.75) is 68.9 Å². The zero-order chi connectivity index (χ0) is 57.5. The molecule has 0 saturated heterocycles. The predicted molar refractivity (Wildman–Crippen MR) is 314 cm³/mol. The Morgan fingerprint density at radius 2 is 0.688 bits per heavy atom. The molecule has 6 N–H and O–H groups in total. The van der Waals surface area contributed by atoms with Gasteiger partial charge in [0, 0.05) is 17.1 Å². The number of aryl methyl sites for hydroxylation is 6. The number of carboxylic acid groups (broad SMARTS) is 3. The molecule has 0 radical (unpaired) electrons. The van der Waals surface area contributed by atoms with E-state index >= 15 is 0 Å². The fourth-order valence-electron chi connectivity index (χ4n) is 8.28. The van der Waals surface area contributed by atoms with Crippen LogP contribution in [0.4, 0.5) is 17.1 Å². The van der Waals surface area contributed by atoms with Crippen LogP contribution in [0.15, 0.2) is 211 Å². The molecule has 0 atom stereocenters. The van der Waals surface area contributed by atoms with E-state index in [1.165, 1.54) is 12.1 Å². The van der Waals surface area contributed by atoms with E-state index in [0.29, 0.717) is 78.7 Å². The zero-order valence-electron chi connectivity index (χ0n) is 43.9. The first-order chi connectivity index (χ1) is 38.3. The molecule has 0 heterocycles. The normalized spacial score (nSPS) is 11.2. The second-order valence-corrected chi connectivity index (χ2v) is 23.8. The van der Waals surface area contributed by atoms with Gasteiger partial charge >= 0.3 is 17.9 Å². The third-order valence-corrected chi connectivity index (χ3v) is 16.5. The van der Waals surface area contributed by atoms with E-state index in [0.717, 1.165) is 45.4 Å². The summed E-state index contributed by atoms with van der Waals surface area (Å²) in [6.07, 6.45) is 5.29. The van der Waals surface area contributed by atoms with Gasteiger partial charge in [0.1, 0.15) is 0 Å². The molecule has 0 bridgehead atoms. The lowest BCUT2D eigenvalue weighted by Crippen LogP contribution is -2.16. The molecule has 8 aromatic carbocycles. The average molecular weight is 1140 g/mol. The number of rotatable bonds is 24. The van der Waals surface area contributed by atoms with E-state index in [1.54, 1.807) is 103 Å². The fraction of sp³-hybridized carbons (Fsp3) is 0.177. The molecule has 0 aliphatic carbocycles. The van der Waals surface area contributed by atoms with Gasteiger partial charge < -0.3 is 15.3 Å². The highest BCUT2D eigenvalue weighted by molar-refractivity contribution is 7.93. The van der Waals surface area contributed by atoms with Crippen LogP contribution in [0.2, 0.25) is 0 Å². The first kappa shape index (κ1) is 60.6. The Morgan fingerprint density at radius 3 is 1.05 bits per heavy atom. The van der Waals surface area contributed by atoms with E-state index in [1.807, 2.05) is 97.9 Å². The summed E-state index contributed by atoms with van der Waals surface area (Å²) in [6.45, 7) is 1.95. The number of sulfonamides is 3. The molecule has 0 amide bonds. The van der Waals surface area contributed by atoms with Crippen molar-refractivity contribution in [3.8, 4) is 0 Å². The van der Waals surface area contributed by atoms with Crippen LogP contribution in [0.5, 0.6) is 0 Å². The Morgan fingerprint density at radius 1 is 0.362 bits per heavy atom. The highest BCUT2D eigenvalue weighted by Crippen LogP contribution is 2.21. The lowest BCUT2D eigenvalue weighted by Gasteiger charge is -2.10. The van der Waals surface area contributed by atoms with Gasteiger partial charge in [-0.3, -0.25) is 14.2 Å². The predicted octanol–water partition coefficient (Wildman–Crippen LogP) is 11.8. The summed E-state index contributed by atoms with van der Waals surface area (Å²) >= 11 is 0. The van der Waals surface area contributed by atoms with Crippen molar-refractivity contribution >= 4 is 65.0 Å². The molecule has 18 heteroatoms. The van der Waals surface area contributed by atoms with Gasteiger partial charge in [0.25, 0.3) is 10.0 Å². The van der Waals surface area contributed by atoms with Crippen LogP contribution in [0.1, 0.15) is 89.8 Å². The molecule has 0 unspecified atom stereocenters. The number of unbranched alkanes of at least 4 members (excludes halogenated alkanes) is 1. The number of aromatic carboxylic acids is 3. The van der Waals surface area contributed by atoms with Gasteiger partial charge in [-0.2, -0.15) is 0 Å². The number of benzene rings is 8. The summed E-state index contributed by atoms with van der Waals surface area (Å²) in [6, 6.07) is 59.5. The van der Waals surface area contributed by atoms with Gasteiger partial charge in [-0.05, 0) is 151 Å². The van der Waals surface area contributed by atoms with Crippen LogP contribution < -0.4 is 14.2 Å². The van der Waals surface area contributed by atoms with Crippen molar-refractivity contribution in [3.63, 3.8) is 0 Å². The minimum atomic E-state index is -3.61. The average Bonchev–Trinajstić information content (AvgIpc) is 3.45. The molecule has 0 spiro atoms. The standard InChI is InChI=1S/C22H21NO4S.C21H19NO4S.C19H23NO4S/c24-22(25)21-9-5-4-8-19(21)13-10-17-11-14-20(15-12-17)23-28(26,27)16-18-6-2-1-3-7-18;23-21(24)20-9-5-4-6-17(20)13-10-16-11-14-18(15-12-16)22-27(25,26)19-7-2-1-3-8-19;1-2-3-14-25(23,24)20-17-12-9-15(10-13-17)8-11-16-6-4-5-7-18(16)19(21)22/h1-9,11-12,14-15,23H,10,13,16H2,(H,24,25);1-9,11-12,14-15,22H,10,13H2,(H,23,24);4-7,9-10,12-13,20H,2-3,8,11,14H2,1H3,(H,21,22). The van der Waals surface area contributed by atoms with E-state index in [9.17, 15) is 55.0 Å². The number of carbonyl (C=O) groups is 3. The third kappa shape index (κ3) is 19.7. The lowest BCUT2D eigenvalue weighted by atomic mass is 10.00. The first-order valence-corrected chi connectivity index (χ1v) is 30.4. The van der Waals surface area contributed by atoms with Crippen LogP contribution in [0.25, 0.3) is 0 Å². The van der Waals surface area contributed by atoms with Crippen LogP contribution >= 0.6 is 0 Å². The number of carboxylic acids is 3.